The number of nitrogen functional groups attached to an aromatic ring is 1. The van der Waals surface area contributed by atoms with Crippen molar-refractivity contribution in [3.05, 3.63) is 16.7 Å². The van der Waals surface area contributed by atoms with Crippen molar-refractivity contribution in [2.75, 3.05) is 12.3 Å². The molecule has 0 aliphatic carbocycles. The number of ether oxygens (including phenoxy) is 1. The van der Waals surface area contributed by atoms with E-state index in [9.17, 15) is 14.5 Å². The Balaban J connectivity index is 1.84. The van der Waals surface area contributed by atoms with Crippen LogP contribution in [0.5, 0.6) is 0 Å². The molecule has 2 aromatic heterocycles. The molecule has 126 valence electrons. The molecule has 1 saturated heterocycles. The number of nitrogens with two attached hydrogens (primary N) is 1. The van der Waals surface area contributed by atoms with Gasteiger partial charge < -0.3 is 0 Å². The van der Waals surface area contributed by atoms with E-state index in [0.29, 0.717) is 0 Å². The minimum atomic E-state index is -3.72. The SMILES string of the molecule is Nc1nc2c(ncn2[C@H]2C[C@H](O)[C@@H](COP(=O)(O)[SeH])O2)c(=O)[nH]1. The Morgan fingerprint density at radius 1 is 1.65 bits per heavy atom. The van der Waals surface area contributed by atoms with E-state index in [2.05, 4.69) is 15.0 Å². The van der Waals surface area contributed by atoms with Gasteiger partial charge in [-0.05, 0) is 0 Å². The predicted octanol–water partition coefficient (Wildman–Crippen LogP) is -1.63. The summed E-state index contributed by atoms with van der Waals surface area (Å²) < 4.78 is 23.0. The van der Waals surface area contributed by atoms with Gasteiger partial charge in [0.15, 0.2) is 0 Å². The third-order valence-corrected chi connectivity index (χ3v) is 4.58. The quantitative estimate of drug-likeness (QED) is 0.342. The Morgan fingerprint density at radius 2 is 2.39 bits per heavy atom. The number of nitrogens with zero attached hydrogens (tertiary/aromatic N) is 3. The number of nitrogens with one attached hydrogen (secondary N) is 1. The monoisotopic (exact) mass is 411 g/mol. The summed E-state index contributed by atoms with van der Waals surface area (Å²) in [6, 6.07) is 0. The van der Waals surface area contributed by atoms with E-state index >= 15 is 0 Å². The zero-order valence-corrected chi connectivity index (χ0v) is 14.3. The van der Waals surface area contributed by atoms with Crippen molar-refractivity contribution in [1.82, 2.24) is 19.5 Å². The van der Waals surface area contributed by atoms with Crippen LogP contribution in [-0.4, -0.2) is 63.9 Å². The Hall–Kier alpha value is -1.26. The number of fused-ring (bicyclic) bond motifs is 1. The number of imidazole rings is 1. The van der Waals surface area contributed by atoms with Crippen molar-refractivity contribution in [2.45, 2.75) is 24.9 Å². The molecule has 3 heterocycles. The number of H-pyrrole nitrogens is 1. The summed E-state index contributed by atoms with van der Waals surface area (Å²) in [5, 5.41) is 10.0. The predicted molar refractivity (Wildman–Crippen MR) is 80.0 cm³/mol. The Labute approximate surface area is 136 Å². The first-order valence-electron chi connectivity index (χ1n) is 6.50. The van der Waals surface area contributed by atoms with Gasteiger partial charge in [-0.2, -0.15) is 0 Å². The molecule has 1 unspecified atom stereocenters. The Morgan fingerprint density at radius 3 is 3.09 bits per heavy atom. The van der Waals surface area contributed by atoms with Crippen molar-refractivity contribution in [2.24, 2.45) is 0 Å². The van der Waals surface area contributed by atoms with E-state index in [1.54, 1.807) is 0 Å². The van der Waals surface area contributed by atoms with Crippen molar-refractivity contribution >= 4 is 39.0 Å². The fourth-order valence-corrected chi connectivity index (χ4v) is 3.12. The molecule has 1 fully saturated rings. The van der Waals surface area contributed by atoms with Crippen molar-refractivity contribution in [1.29, 1.82) is 0 Å². The fraction of sp³-hybridized carbons (Fsp3) is 0.500. The van der Waals surface area contributed by atoms with Gasteiger partial charge >= 0.3 is 136 Å². The van der Waals surface area contributed by atoms with Crippen LogP contribution in [0.3, 0.4) is 0 Å². The third-order valence-electron chi connectivity index (χ3n) is 3.37. The molecule has 0 radical (unpaired) electrons. The van der Waals surface area contributed by atoms with E-state index in [-0.39, 0.29) is 30.1 Å². The van der Waals surface area contributed by atoms with Gasteiger partial charge in [-0.1, -0.05) is 0 Å². The number of aliphatic hydroxyl groups excluding tert-OH is 1. The molecular formula is C10H14N5O6PSe. The van der Waals surface area contributed by atoms with Gasteiger partial charge in [-0.3, -0.25) is 0 Å². The van der Waals surface area contributed by atoms with Crippen LogP contribution >= 0.6 is 6.29 Å². The maximum atomic E-state index is 11.7. The summed E-state index contributed by atoms with van der Waals surface area (Å²) in [5.74, 6) is -0.0624. The first-order valence-corrected chi connectivity index (χ1v) is 10.6. The van der Waals surface area contributed by atoms with E-state index < -0.39 is 30.3 Å². The Bertz CT molecular complexity index is 833. The number of anilines is 1. The van der Waals surface area contributed by atoms with Gasteiger partial charge in [-0.25, -0.2) is 0 Å². The molecule has 1 aliphatic rings. The molecule has 0 bridgehead atoms. The standard InChI is InChI=1S/C10H14N5O6PSe/c11-10-13-8-7(9(17)14-10)12-3-15(8)6-1-4(16)5(21-6)2-20-22(18,19)23/h3-6,16H,1-2H2,(H2,18,19,23)(H3,11,13,14,17)/t4-,5+,6+/m0/s1. The molecule has 0 aromatic carbocycles. The molecule has 23 heavy (non-hydrogen) atoms. The second-order valence-corrected chi connectivity index (χ2v) is 9.41. The van der Waals surface area contributed by atoms with E-state index in [0.717, 1.165) is 0 Å². The molecule has 0 spiro atoms. The molecule has 3 rings (SSSR count). The fourth-order valence-electron chi connectivity index (χ4n) is 2.36. The van der Waals surface area contributed by atoms with E-state index in [1.807, 2.05) is 0 Å². The zero-order chi connectivity index (χ0) is 16.8. The first-order chi connectivity index (χ1) is 10.7. The van der Waals surface area contributed by atoms with Gasteiger partial charge in [0.25, 0.3) is 0 Å². The van der Waals surface area contributed by atoms with E-state index in [4.69, 9.17) is 19.9 Å². The van der Waals surface area contributed by atoms with Crippen LogP contribution in [0, 0.1) is 0 Å². The van der Waals surface area contributed by atoms with Crippen LogP contribution < -0.4 is 11.3 Å². The van der Waals surface area contributed by atoms with Crippen LogP contribution in [0.15, 0.2) is 11.1 Å². The molecule has 4 atom stereocenters. The second kappa shape index (κ2) is 5.99. The average Bonchev–Trinajstić information content (AvgIpc) is 2.99. The second-order valence-electron chi connectivity index (χ2n) is 4.99. The molecule has 2 aromatic rings. The van der Waals surface area contributed by atoms with Crippen LogP contribution in [0.1, 0.15) is 12.6 Å². The van der Waals surface area contributed by atoms with Gasteiger partial charge in [-0.15, -0.1) is 0 Å². The van der Waals surface area contributed by atoms with Crippen molar-refractivity contribution < 1.29 is 23.8 Å². The number of rotatable bonds is 4. The molecule has 5 N–H and O–H groups in total. The molecule has 0 amide bonds. The van der Waals surface area contributed by atoms with Gasteiger partial charge in [0.1, 0.15) is 0 Å². The topological polar surface area (TPSA) is 166 Å². The first kappa shape index (κ1) is 16.6. The maximum absolute atomic E-state index is 11.7. The number of aromatic nitrogens is 4. The summed E-state index contributed by atoms with van der Waals surface area (Å²) in [7, 11) is 0. The number of hydrogen-bond donors (Lipinski definition) is 4. The molecule has 11 nitrogen and oxygen atoms in total. The number of aliphatic hydroxyl groups is 1. The van der Waals surface area contributed by atoms with E-state index in [1.165, 1.54) is 26.5 Å². The Kier molecular flexibility index (Phi) is 4.32. The number of hydrogen-bond acceptors (Lipinski definition) is 8. The van der Waals surface area contributed by atoms with Gasteiger partial charge in [0, 0.05) is 0 Å². The summed E-state index contributed by atoms with van der Waals surface area (Å²) in [6.07, 6.45) is -4.53. The average molecular weight is 410 g/mol. The van der Waals surface area contributed by atoms with Crippen molar-refractivity contribution in [3.63, 3.8) is 0 Å². The van der Waals surface area contributed by atoms with Gasteiger partial charge in [0.2, 0.25) is 0 Å². The van der Waals surface area contributed by atoms with Crippen LogP contribution in [0.4, 0.5) is 5.95 Å². The van der Waals surface area contributed by atoms with Crippen LogP contribution in [0.2, 0.25) is 0 Å². The van der Waals surface area contributed by atoms with Crippen LogP contribution in [0.25, 0.3) is 11.2 Å². The number of aromatic amines is 1. The summed E-state index contributed by atoms with van der Waals surface area (Å²) in [6.45, 7) is -0.247. The molecule has 1 aliphatic heterocycles. The van der Waals surface area contributed by atoms with Crippen LogP contribution in [-0.2, 0) is 13.8 Å². The zero-order valence-electron chi connectivity index (χ0n) is 11.6. The molecule has 0 saturated carbocycles. The molecular weight excluding hydrogens is 396 g/mol. The summed E-state index contributed by atoms with van der Waals surface area (Å²) in [5.41, 5.74) is 5.37. The minimum absolute atomic E-state index is 0.0624. The van der Waals surface area contributed by atoms with Gasteiger partial charge in [0.05, 0.1) is 0 Å². The summed E-state index contributed by atoms with van der Waals surface area (Å²) >= 11 is 1.53. The van der Waals surface area contributed by atoms with Crippen molar-refractivity contribution in [3.8, 4) is 0 Å². The normalized spacial score (nSPS) is 27.3. The molecule has 13 heteroatoms. The summed E-state index contributed by atoms with van der Waals surface area (Å²) in [4.78, 5) is 31.2. The third kappa shape index (κ3) is 3.48.